The van der Waals surface area contributed by atoms with Gasteiger partial charge in [-0.2, -0.15) is 26.3 Å². The summed E-state index contributed by atoms with van der Waals surface area (Å²) in [6.45, 7) is -0.526. The first-order valence-electron chi connectivity index (χ1n) is 5.92. The topological polar surface area (TPSA) is 9.23 Å². The molecule has 1 saturated carbocycles. The largest absolute Gasteiger partial charge is 0.423 e. The second-order valence-corrected chi connectivity index (χ2v) is 5.53. The summed E-state index contributed by atoms with van der Waals surface area (Å²) in [4.78, 5) is 0. The van der Waals surface area contributed by atoms with E-state index in [2.05, 4.69) is 20.7 Å². The van der Waals surface area contributed by atoms with Gasteiger partial charge in [-0.3, -0.25) is 0 Å². The number of hydrogen-bond acceptors (Lipinski definition) is 1. The molecular weight excluding hydrogens is 342 g/mol. The van der Waals surface area contributed by atoms with Crippen LogP contribution in [-0.2, 0) is 4.74 Å². The molecule has 19 heavy (non-hydrogen) atoms. The van der Waals surface area contributed by atoms with Gasteiger partial charge in [-0.15, -0.1) is 0 Å². The molecule has 0 aromatic carbocycles. The summed E-state index contributed by atoms with van der Waals surface area (Å²) in [6, 6.07) is 0. The summed E-state index contributed by atoms with van der Waals surface area (Å²) < 4.78 is 78.3. The number of rotatable bonds is 4. The summed E-state index contributed by atoms with van der Waals surface area (Å²) in [5, 5.41) is 0.350. The number of alkyl halides is 7. The fourth-order valence-corrected chi connectivity index (χ4v) is 2.98. The SMILES string of the molecule is FC(F)(F)C(OCC1(CBr)CCCCC1)C(F)(F)F. The van der Waals surface area contributed by atoms with Crippen molar-refractivity contribution in [2.75, 3.05) is 11.9 Å². The van der Waals surface area contributed by atoms with E-state index < -0.39 is 30.5 Å². The molecule has 0 N–H and O–H groups in total. The molecule has 0 heterocycles. The normalized spacial score (nSPS) is 20.8. The molecule has 0 amide bonds. The number of hydrogen-bond donors (Lipinski definition) is 0. The number of ether oxygens (including phenoxy) is 1. The van der Waals surface area contributed by atoms with E-state index in [1.54, 1.807) is 0 Å². The summed E-state index contributed by atoms with van der Waals surface area (Å²) in [7, 11) is 0. The Hall–Kier alpha value is 0.0200. The van der Waals surface area contributed by atoms with Crippen LogP contribution in [-0.4, -0.2) is 30.4 Å². The van der Waals surface area contributed by atoms with Gasteiger partial charge in [-0.05, 0) is 12.8 Å². The van der Waals surface area contributed by atoms with Gasteiger partial charge in [0.1, 0.15) is 0 Å². The summed E-state index contributed by atoms with van der Waals surface area (Å²) in [5.74, 6) is 0. The second kappa shape index (κ2) is 6.20. The molecule has 0 radical (unpaired) electrons. The Morgan fingerprint density at radius 1 is 0.947 bits per heavy atom. The first kappa shape index (κ1) is 17.1. The Labute approximate surface area is 115 Å². The van der Waals surface area contributed by atoms with Gasteiger partial charge in [-0.25, -0.2) is 0 Å². The van der Waals surface area contributed by atoms with Crippen molar-refractivity contribution in [2.24, 2.45) is 5.41 Å². The zero-order valence-corrected chi connectivity index (χ0v) is 11.7. The highest BCUT2D eigenvalue weighted by atomic mass is 79.9. The molecule has 0 spiro atoms. The van der Waals surface area contributed by atoms with Crippen LogP contribution in [0.5, 0.6) is 0 Å². The van der Waals surface area contributed by atoms with Crippen LogP contribution in [0.1, 0.15) is 32.1 Å². The third kappa shape index (κ3) is 4.81. The zero-order chi connectivity index (χ0) is 14.7. The van der Waals surface area contributed by atoms with Crippen molar-refractivity contribution in [3.05, 3.63) is 0 Å². The van der Waals surface area contributed by atoms with Crippen molar-refractivity contribution in [3.8, 4) is 0 Å². The highest BCUT2D eigenvalue weighted by molar-refractivity contribution is 9.09. The minimum atomic E-state index is -5.43. The van der Waals surface area contributed by atoms with Crippen LogP contribution in [0.15, 0.2) is 0 Å². The third-order valence-electron chi connectivity index (χ3n) is 3.35. The van der Waals surface area contributed by atoms with E-state index in [9.17, 15) is 26.3 Å². The van der Waals surface area contributed by atoms with Crippen molar-refractivity contribution < 1.29 is 31.1 Å². The fraction of sp³-hybridized carbons (Fsp3) is 1.00. The lowest BCUT2D eigenvalue weighted by Gasteiger charge is -2.37. The van der Waals surface area contributed by atoms with Gasteiger partial charge in [0.25, 0.3) is 0 Å². The van der Waals surface area contributed by atoms with Crippen molar-refractivity contribution >= 4 is 15.9 Å². The van der Waals surface area contributed by atoms with Gasteiger partial charge in [-0.1, -0.05) is 35.2 Å². The molecule has 1 aliphatic rings. The average Bonchev–Trinajstić information content (AvgIpc) is 2.27. The Morgan fingerprint density at radius 3 is 1.79 bits per heavy atom. The fourth-order valence-electron chi connectivity index (χ4n) is 2.25. The number of halogens is 7. The van der Waals surface area contributed by atoms with E-state index >= 15 is 0 Å². The van der Waals surface area contributed by atoms with E-state index in [-0.39, 0.29) is 0 Å². The Kier molecular flexibility index (Phi) is 5.57. The van der Waals surface area contributed by atoms with Gasteiger partial charge in [0.15, 0.2) is 0 Å². The Balaban J connectivity index is 2.70. The van der Waals surface area contributed by atoms with Crippen molar-refractivity contribution in [2.45, 2.75) is 50.6 Å². The lowest BCUT2D eigenvalue weighted by Crippen LogP contribution is -2.46. The van der Waals surface area contributed by atoms with E-state index in [0.29, 0.717) is 18.2 Å². The van der Waals surface area contributed by atoms with Crippen LogP contribution < -0.4 is 0 Å². The molecule has 1 nitrogen and oxygen atoms in total. The zero-order valence-electron chi connectivity index (χ0n) is 10.1. The van der Waals surface area contributed by atoms with Crippen molar-refractivity contribution in [3.63, 3.8) is 0 Å². The molecule has 0 saturated heterocycles. The predicted octanol–water partition coefficient (Wildman–Crippen LogP) is 4.84. The third-order valence-corrected chi connectivity index (χ3v) is 4.54. The van der Waals surface area contributed by atoms with Crippen LogP contribution in [0.3, 0.4) is 0 Å². The van der Waals surface area contributed by atoms with Gasteiger partial charge in [0, 0.05) is 10.7 Å². The molecule has 0 aliphatic heterocycles. The molecular formula is C11H15BrF6O. The van der Waals surface area contributed by atoms with Crippen LogP contribution >= 0.6 is 15.9 Å². The first-order valence-corrected chi connectivity index (χ1v) is 7.04. The van der Waals surface area contributed by atoms with Gasteiger partial charge < -0.3 is 4.74 Å². The maximum atomic E-state index is 12.3. The summed E-state index contributed by atoms with van der Waals surface area (Å²) in [5.41, 5.74) is -0.618. The smallest absolute Gasteiger partial charge is 0.360 e. The molecule has 0 bridgehead atoms. The second-order valence-electron chi connectivity index (χ2n) is 4.97. The predicted molar refractivity (Wildman–Crippen MR) is 61.2 cm³/mol. The van der Waals surface area contributed by atoms with Crippen molar-refractivity contribution in [1.29, 1.82) is 0 Å². The molecule has 0 atom stereocenters. The summed E-state index contributed by atoms with van der Waals surface area (Å²) in [6.07, 6.45) is -10.8. The molecule has 1 aliphatic carbocycles. The molecule has 1 fully saturated rings. The lowest BCUT2D eigenvalue weighted by atomic mass is 9.76. The van der Waals surface area contributed by atoms with Gasteiger partial charge in [0.05, 0.1) is 6.61 Å². The van der Waals surface area contributed by atoms with E-state index in [0.717, 1.165) is 19.3 Å². The molecule has 1 rings (SSSR count). The van der Waals surface area contributed by atoms with E-state index in [4.69, 9.17) is 0 Å². The van der Waals surface area contributed by atoms with Crippen LogP contribution in [0.25, 0.3) is 0 Å². The maximum Gasteiger partial charge on any atom is 0.423 e. The monoisotopic (exact) mass is 356 g/mol. The molecule has 0 aromatic rings. The average molecular weight is 357 g/mol. The Bertz CT molecular complexity index is 268. The Morgan fingerprint density at radius 2 is 1.42 bits per heavy atom. The molecule has 0 unspecified atom stereocenters. The molecule has 8 heteroatoms. The van der Waals surface area contributed by atoms with E-state index in [1.165, 1.54) is 0 Å². The van der Waals surface area contributed by atoms with Crippen molar-refractivity contribution in [1.82, 2.24) is 0 Å². The maximum absolute atomic E-state index is 12.3. The first-order chi connectivity index (χ1) is 8.61. The minimum Gasteiger partial charge on any atom is -0.360 e. The molecule has 0 aromatic heterocycles. The van der Waals surface area contributed by atoms with Crippen LogP contribution in [0, 0.1) is 5.41 Å². The van der Waals surface area contributed by atoms with Crippen LogP contribution in [0.4, 0.5) is 26.3 Å². The minimum absolute atomic E-state index is 0.350. The van der Waals surface area contributed by atoms with Gasteiger partial charge >= 0.3 is 12.4 Å². The highest BCUT2D eigenvalue weighted by Crippen LogP contribution is 2.41. The lowest BCUT2D eigenvalue weighted by molar-refractivity contribution is -0.326. The van der Waals surface area contributed by atoms with E-state index in [1.807, 2.05) is 0 Å². The molecule has 114 valence electrons. The highest BCUT2D eigenvalue weighted by Gasteiger charge is 2.58. The van der Waals surface area contributed by atoms with Crippen LogP contribution in [0.2, 0.25) is 0 Å². The summed E-state index contributed by atoms with van der Waals surface area (Å²) >= 11 is 3.18. The van der Waals surface area contributed by atoms with Gasteiger partial charge in [0.2, 0.25) is 6.10 Å². The quantitative estimate of drug-likeness (QED) is 0.517. The standard InChI is InChI=1S/C11H15BrF6O/c12-6-9(4-2-1-3-5-9)7-19-8(10(13,14)15)11(16,17)18/h8H,1-7H2.